The number of thioether (sulfide) groups is 1. The van der Waals surface area contributed by atoms with Gasteiger partial charge >= 0.3 is 0 Å². The van der Waals surface area contributed by atoms with Crippen molar-refractivity contribution in [3.63, 3.8) is 0 Å². The van der Waals surface area contributed by atoms with Crippen LogP contribution in [0.3, 0.4) is 0 Å². The maximum Gasteiger partial charge on any atom is 0.167 e. The highest BCUT2D eigenvalue weighted by Crippen LogP contribution is 2.27. The van der Waals surface area contributed by atoms with E-state index in [-0.39, 0.29) is 11.6 Å². The summed E-state index contributed by atoms with van der Waals surface area (Å²) in [7, 11) is 0. The van der Waals surface area contributed by atoms with Crippen molar-refractivity contribution in [2.75, 3.05) is 11.9 Å². The molecule has 1 heterocycles. The molecule has 0 fully saturated rings. The zero-order chi connectivity index (χ0) is 13.8. The van der Waals surface area contributed by atoms with E-state index in [1.54, 1.807) is 23.9 Å². The van der Waals surface area contributed by atoms with Crippen LogP contribution in [0.5, 0.6) is 5.75 Å². The summed E-state index contributed by atoms with van der Waals surface area (Å²) in [5.74, 6) is -0.0672. The summed E-state index contributed by atoms with van der Waals surface area (Å²) >= 11 is 1.69. The average molecular weight is 282 g/mol. The van der Waals surface area contributed by atoms with Crippen LogP contribution >= 0.6 is 11.8 Å². The second-order valence-electron chi connectivity index (χ2n) is 4.65. The van der Waals surface area contributed by atoms with Crippen LogP contribution in [0.15, 0.2) is 23.2 Å². The number of nitrogens with zero attached hydrogens (tertiary/aromatic N) is 1. The largest absolute Gasteiger partial charge is 0.491 e. The van der Waals surface area contributed by atoms with Gasteiger partial charge in [0.25, 0.3) is 0 Å². The number of halogens is 1. The molecule has 2 atom stereocenters. The molecule has 1 aliphatic rings. The number of hydrogen-bond donors (Lipinski definition) is 1. The highest BCUT2D eigenvalue weighted by molar-refractivity contribution is 8.14. The third-order valence-electron chi connectivity index (χ3n) is 2.81. The maximum absolute atomic E-state index is 13.7. The fraction of sp³-hybridized carbons (Fsp3) is 0.500. The summed E-state index contributed by atoms with van der Waals surface area (Å²) in [6, 6.07) is 5.20. The fourth-order valence-electron chi connectivity index (χ4n) is 2.04. The first-order valence-corrected chi connectivity index (χ1v) is 7.40. The molecule has 0 bridgehead atoms. The molecule has 0 aliphatic carbocycles. The van der Waals surface area contributed by atoms with Crippen LogP contribution < -0.4 is 10.1 Å². The van der Waals surface area contributed by atoms with Crippen molar-refractivity contribution in [1.82, 2.24) is 0 Å². The van der Waals surface area contributed by atoms with Gasteiger partial charge in [0.15, 0.2) is 16.7 Å². The molecule has 19 heavy (non-hydrogen) atoms. The second kappa shape index (κ2) is 6.28. The van der Waals surface area contributed by atoms with Gasteiger partial charge in [-0.1, -0.05) is 18.7 Å². The average Bonchev–Trinajstić information content (AvgIpc) is 2.31. The lowest BCUT2D eigenvalue weighted by Gasteiger charge is -2.23. The number of amidine groups is 1. The molecule has 0 radical (unpaired) electrons. The molecule has 5 heteroatoms. The van der Waals surface area contributed by atoms with E-state index < -0.39 is 0 Å². The smallest absolute Gasteiger partial charge is 0.167 e. The van der Waals surface area contributed by atoms with Gasteiger partial charge in [-0.05, 0) is 32.4 Å². The molecule has 0 saturated carbocycles. The van der Waals surface area contributed by atoms with Crippen LogP contribution in [0.25, 0.3) is 0 Å². The van der Waals surface area contributed by atoms with E-state index in [0.717, 1.165) is 11.6 Å². The minimum absolute atomic E-state index is 0.285. The van der Waals surface area contributed by atoms with Crippen LogP contribution in [-0.4, -0.2) is 23.1 Å². The molecule has 1 aliphatic heterocycles. The van der Waals surface area contributed by atoms with Crippen LogP contribution in [0.1, 0.15) is 27.2 Å². The molecule has 0 amide bonds. The Morgan fingerprint density at radius 2 is 2.26 bits per heavy atom. The number of anilines is 1. The summed E-state index contributed by atoms with van der Waals surface area (Å²) in [5.41, 5.74) is 0.702. The molecule has 0 saturated heterocycles. The van der Waals surface area contributed by atoms with Gasteiger partial charge in [-0.15, -0.1) is 0 Å². The lowest BCUT2D eigenvalue weighted by molar-refractivity contribution is 0.321. The molecule has 0 spiro atoms. The Balaban J connectivity index is 2.09. The van der Waals surface area contributed by atoms with Crippen molar-refractivity contribution < 1.29 is 9.13 Å². The summed E-state index contributed by atoms with van der Waals surface area (Å²) in [6.07, 6.45) is 1.08. The molecular weight excluding hydrogens is 263 g/mol. The minimum atomic E-state index is -0.352. The van der Waals surface area contributed by atoms with E-state index in [1.807, 2.05) is 6.92 Å². The first-order chi connectivity index (χ1) is 9.08. The van der Waals surface area contributed by atoms with Crippen LogP contribution in [-0.2, 0) is 0 Å². The van der Waals surface area contributed by atoms with E-state index >= 15 is 0 Å². The van der Waals surface area contributed by atoms with Crippen molar-refractivity contribution in [3.05, 3.63) is 24.0 Å². The summed E-state index contributed by atoms with van der Waals surface area (Å²) in [4.78, 5) is 4.53. The third kappa shape index (κ3) is 3.86. The van der Waals surface area contributed by atoms with Gasteiger partial charge in [0, 0.05) is 17.0 Å². The molecule has 0 aromatic heterocycles. The maximum atomic E-state index is 13.7. The minimum Gasteiger partial charge on any atom is -0.491 e. The highest BCUT2D eigenvalue weighted by Gasteiger charge is 2.18. The molecular formula is C14H19FN2OS. The molecule has 104 valence electrons. The number of rotatable bonds is 3. The number of benzene rings is 1. The van der Waals surface area contributed by atoms with E-state index in [1.165, 1.54) is 6.07 Å². The zero-order valence-corrected chi connectivity index (χ0v) is 12.3. The first-order valence-electron chi connectivity index (χ1n) is 6.52. The quantitative estimate of drug-likeness (QED) is 0.912. The third-order valence-corrected chi connectivity index (χ3v) is 3.83. The van der Waals surface area contributed by atoms with Gasteiger partial charge in [0.2, 0.25) is 0 Å². The molecule has 1 N–H and O–H groups in total. The number of nitrogens with one attached hydrogen (secondary N) is 1. The SMILES string of the molecule is CCOc1ccc(NC2=NC(C)CC(C)S2)cc1F. The summed E-state index contributed by atoms with van der Waals surface area (Å²) in [6.45, 7) is 6.57. The van der Waals surface area contributed by atoms with Gasteiger partial charge in [0.05, 0.1) is 12.6 Å². The molecule has 1 aromatic carbocycles. The number of aliphatic imine (C=N–C) groups is 1. The van der Waals surface area contributed by atoms with Gasteiger partial charge < -0.3 is 10.1 Å². The highest BCUT2D eigenvalue weighted by atomic mass is 32.2. The predicted molar refractivity (Wildman–Crippen MR) is 79.8 cm³/mol. The van der Waals surface area contributed by atoms with Crippen LogP contribution in [0.2, 0.25) is 0 Å². The van der Waals surface area contributed by atoms with E-state index in [9.17, 15) is 4.39 Å². The Morgan fingerprint density at radius 3 is 2.89 bits per heavy atom. The zero-order valence-electron chi connectivity index (χ0n) is 11.4. The van der Waals surface area contributed by atoms with Crippen LogP contribution in [0.4, 0.5) is 10.1 Å². The Morgan fingerprint density at radius 1 is 1.47 bits per heavy atom. The van der Waals surface area contributed by atoms with E-state index in [2.05, 4.69) is 24.2 Å². The Hall–Kier alpha value is -1.23. The standard InChI is InChI=1S/C14H19FN2OS/c1-4-18-13-6-5-11(8-12(13)15)17-14-16-9(2)7-10(3)19-14/h5-6,8-10H,4,7H2,1-3H3,(H,16,17). The lowest BCUT2D eigenvalue weighted by Crippen LogP contribution is -2.22. The van der Waals surface area contributed by atoms with Crippen molar-refractivity contribution in [3.8, 4) is 5.75 Å². The van der Waals surface area contributed by atoms with Gasteiger partial charge in [0.1, 0.15) is 0 Å². The lowest BCUT2D eigenvalue weighted by atomic mass is 10.2. The number of hydrogen-bond acceptors (Lipinski definition) is 4. The van der Waals surface area contributed by atoms with Gasteiger partial charge in [-0.2, -0.15) is 0 Å². The van der Waals surface area contributed by atoms with Crippen molar-refractivity contribution in [2.45, 2.75) is 38.5 Å². The van der Waals surface area contributed by atoms with Crippen molar-refractivity contribution >= 4 is 22.6 Å². The van der Waals surface area contributed by atoms with Crippen molar-refractivity contribution in [1.29, 1.82) is 0 Å². The molecule has 1 aromatic rings. The number of ether oxygens (including phenoxy) is 1. The normalized spacial score (nSPS) is 22.8. The van der Waals surface area contributed by atoms with E-state index in [0.29, 0.717) is 23.6 Å². The first kappa shape index (κ1) is 14.2. The van der Waals surface area contributed by atoms with Gasteiger partial charge in [-0.25, -0.2) is 4.39 Å². The van der Waals surface area contributed by atoms with E-state index in [4.69, 9.17) is 4.74 Å². The van der Waals surface area contributed by atoms with Crippen LogP contribution in [0, 0.1) is 5.82 Å². The Labute approximate surface area is 117 Å². The summed E-state index contributed by atoms with van der Waals surface area (Å²) < 4.78 is 18.9. The fourth-order valence-corrected chi connectivity index (χ4v) is 3.21. The molecule has 3 nitrogen and oxygen atoms in total. The topological polar surface area (TPSA) is 33.6 Å². The van der Waals surface area contributed by atoms with Crippen molar-refractivity contribution in [2.24, 2.45) is 4.99 Å². The molecule has 2 unspecified atom stereocenters. The second-order valence-corrected chi connectivity index (χ2v) is 6.08. The van der Waals surface area contributed by atoms with Gasteiger partial charge in [-0.3, -0.25) is 4.99 Å². The monoisotopic (exact) mass is 282 g/mol. The predicted octanol–water partition coefficient (Wildman–Crippen LogP) is 3.91. The Kier molecular flexibility index (Phi) is 4.69. The summed E-state index contributed by atoms with van der Waals surface area (Å²) in [5, 5.41) is 4.56. The Bertz CT molecular complexity index is 479. The molecule has 2 rings (SSSR count).